The lowest BCUT2D eigenvalue weighted by atomic mass is 10.0. The molecule has 1 unspecified atom stereocenters. The van der Waals surface area contributed by atoms with Gasteiger partial charge in [-0.05, 0) is 44.9 Å². The minimum Gasteiger partial charge on any atom is -0.310 e. The Morgan fingerprint density at radius 1 is 1.44 bits per heavy atom. The van der Waals surface area contributed by atoms with Crippen LogP contribution in [0.25, 0.3) is 0 Å². The van der Waals surface area contributed by atoms with Crippen molar-refractivity contribution in [1.82, 2.24) is 10.6 Å². The molecule has 1 aliphatic heterocycles. The summed E-state index contributed by atoms with van der Waals surface area (Å²) in [7, 11) is 0. The van der Waals surface area contributed by atoms with Crippen molar-refractivity contribution in [2.24, 2.45) is 0 Å². The van der Waals surface area contributed by atoms with Crippen LogP contribution in [0.4, 0.5) is 0 Å². The second-order valence-electron chi connectivity index (χ2n) is 4.92. The maximum absolute atomic E-state index is 3.58. The van der Waals surface area contributed by atoms with Crippen LogP contribution in [0.1, 0.15) is 36.4 Å². The number of rotatable bonds is 5. The Morgan fingerprint density at radius 2 is 2.25 bits per heavy atom. The van der Waals surface area contributed by atoms with Gasteiger partial charge in [0.15, 0.2) is 0 Å². The van der Waals surface area contributed by atoms with E-state index >= 15 is 0 Å². The van der Waals surface area contributed by atoms with E-state index in [0.29, 0.717) is 5.54 Å². The van der Waals surface area contributed by atoms with Gasteiger partial charge in [-0.3, -0.25) is 0 Å². The van der Waals surface area contributed by atoms with E-state index in [1.54, 1.807) is 0 Å². The average Bonchev–Trinajstić information content (AvgIpc) is 2.88. The lowest BCUT2D eigenvalue weighted by Gasteiger charge is -2.24. The summed E-state index contributed by atoms with van der Waals surface area (Å²) in [6, 6.07) is 4.50. The zero-order chi connectivity index (χ0) is 11.4. The maximum Gasteiger partial charge on any atom is 0.0300 e. The molecular weight excluding hydrogens is 216 g/mol. The zero-order valence-corrected chi connectivity index (χ0v) is 11.1. The molecule has 2 heterocycles. The molecule has 2 N–H and O–H groups in total. The first-order valence-electron chi connectivity index (χ1n) is 6.25. The SMILES string of the molecule is CCc1ccc(CNCC2(C)CCCN2)s1. The minimum absolute atomic E-state index is 0.324. The highest BCUT2D eigenvalue weighted by Gasteiger charge is 2.26. The molecule has 1 aliphatic rings. The van der Waals surface area contributed by atoms with Gasteiger partial charge < -0.3 is 10.6 Å². The van der Waals surface area contributed by atoms with Crippen LogP contribution < -0.4 is 10.6 Å². The Kier molecular flexibility index (Phi) is 4.00. The fraction of sp³-hybridized carbons (Fsp3) is 0.692. The Balaban J connectivity index is 1.75. The van der Waals surface area contributed by atoms with Crippen molar-refractivity contribution < 1.29 is 0 Å². The van der Waals surface area contributed by atoms with E-state index in [1.165, 1.54) is 29.1 Å². The van der Waals surface area contributed by atoms with Crippen LogP contribution in [0.5, 0.6) is 0 Å². The molecule has 90 valence electrons. The highest BCUT2D eigenvalue weighted by molar-refractivity contribution is 7.11. The fourth-order valence-corrected chi connectivity index (χ4v) is 3.20. The molecule has 0 spiro atoms. The summed E-state index contributed by atoms with van der Waals surface area (Å²) in [5.74, 6) is 0. The van der Waals surface area contributed by atoms with Crippen molar-refractivity contribution in [1.29, 1.82) is 0 Å². The number of thiophene rings is 1. The molecule has 1 atom stereocenters. The van der Waals surface area contributed by atoms with E-state index in [0.717, 1.165) is 19.5 Å². The largest absolute Gasteiger partial charge is 0.310 e. The molecule has 1 saturated heterocycles. The summed E-state index contributed by atoms with van der Waals surface area (Å²) < 4.78 is 0. The van der Waals surface area contributed by atoms with Crippen LogP contribution in [0.2, 0.25) is 0 Å². The van der Waals surface area contributed by atoms with Crippen LogP contribution in [0.15, 0.2) is 12.1 Å². The first-order valence-corrected chi connectivity index (χ1v) is 7.07. The van der Waals surface area contributed by atoms with E-state index < -0.39 is 0 Å². The topological polar surface area (TPSA) is 24.1 Å². The molecule has 0 amide bonds. The van der Waals surface area contributed by atoms with Crippen molar-refractivity contribution in [2.45, 2.75) is 45.2 Å². The number of hydrogen-bond acceptors (Lipinski definition) is 3. The van der Waals surface area contributed by atoms with Gasteiger partial charge in [-0.25, -0.2) is 0 Å². The second kappa shape index (κ2) is 5.30. The Labute approximate surface area is 102 Å². The molecule has 2 nitrogen and oxygen atoms in total. The standard InChI is InChI=1S/C13H22N2S/c1-3-11-5-6-12(16-11)9-14-10-13(2)7-4-8-15-13/h5-6,14-15H,3-4,7-10H2,1-2H3. The highest BCUT2D eigenvalue weighted by atomic mass is 32.1. The highest BCUT2D eigenvalue weighted by Crippen LogP contribution is 2.19. The van der Waals surface area contributed by atoms with Gasteiger partial charge in [-0.1, -0.05) is 6.92 Å². The summed E-state index contributed by atoms with van der Waals surface area (Å²) in [4.78, 5) is 2.94. The molecule has 1 aromatic rings. The van der Waals surface area contributed by atoms with Crippen LogP contribution in [-0.2, 0) is 13.0 Å². The van der Waals surface area contributed by atoms with Crippen LogP contribution in [-0.4, -0.2) is 18.6 Å². The molecule has 0 bridgehead atoms. The molecule has 0 aliphatic carbocycles. The molecule has 0 radical (unpaired) electrons. The smallest absolute Gasteiger partial charge is 0.0300 e. The lowest BCUT2D eigenvalue weighted by molar-refractivity contribution is 0.386. The number of aryl methyl sites for hydroxylation is 1. The van der Waals surface area contributed by atoms with E-state index in [1.807, 2.05) is 11.3 Å². The first-order chi connectivity index (χ1) is 7.72. The van der Waals surface area contributed by atoms with Gasteiger partial charge in [0, 0.05) is 28.4 Å². The number of hydrogen-bond donors (Lipinski definition) is 2. The Bertz CT molecular complexity index is 326. The average molecular weight is 238 g/mol. The van der Waals surface area contributed by atoms with E-state index in [9.17, 15) is 0 Å². The number of nitrogens with one attached hydrogen (secondary N) is 2. The summed E-state index contributed by atoms with van der Waals surface area (Å²) >= 11 is 1.93. The predicted octanol–water partition coefficient (Wildman–Crippen LogP) is 2.54. The summed E-state index contributed by atoms with van der Waals surface area (Å²) in [6.45, 7) is 7.80. The summed E-state index contributed by atoms with van der Waals surface area (Å²) in [5, 5.41) is 7.15. The third-order valence-corrected chi connectivity index (χ3v) is 4.57. The molecule has 3 heteroatoms. The van der Waals surface area contributed by atoms with Gasteiger partial charge >= 0.3 is 0 Å². The minimum atomic E-state index is 0.324. The van der Waals surface area contributed by atoms with Crippen LogP contribution in [0.3, 0.4) is 0 Å². The van der Waals surface area contributed by atoms with Crippen molar-refractivity contribution in [3.63, 3.8) is 0 Å². The van der Waals surface area contributed by atoms with E-state index in [2.05, 4.69) is 36.6 Å². The van der Waals surface area contributed by atoms with Gasteiger partial charge in [-0.2, -0.15) is 0 Å². The Morgan fingerprint density at radius 3 is 2.88 bits per heavy atom. The third kappa shape index (κ3) is 3.06. The van der Waals surface area contributed by atoms with Crippen molar-refractivity contribution in [3.8, 4) is 0 Å². The molecule has 16 heavy (non-hydrogen) atoms. The van der Waals surface area contributed by atoms with Crippen molar-refractivity contribution in [3.05, 3.63) is 21.9 Å². The van der Waals surface area contributed by atoms with Gasteiger partial charge in [0.05, 0.1) is 0 Å². The van der Waals surface area contributed by atoms with Gasteiger partial charge in [0.2, 0.25) is 0 Å². The second-order valence-corrected chi connectivity index (χ2v) is 6.17. The molecule has 1 fully saturated rings. The normalized spacial score (nSPS) is 25.1. The first kappa shape index (κ1) is 12.1. The monoisotopic (exact) mass is 238 g/mol. The van der Waals surface area contributed by atoms with Crippen molar-refractivity contribution in [2.75, 3.05) is 13.1 Å². The van der Waals surface area contributed by atoms with Crippen LogP contribution in [0, 0.1) is 0 Å². The van der Waals surface area contributed by atoms with Gasteiger partial charge in [0.1, 0.15) is 0 Å². The van der Waals surface area contributed by atoms with Gasteiger partial charge in [0.25, 0.3) is 0 Å². The lowest BCUT2D eigenvalue weighted by Crippen LogP contribution is -2.45. The van der Waals surface area contributed by atoms with E-state index in [4.69, 9.17) is 0 Å². The quantitative estimate of drug-likeness (QED) is 0.824. The Hall–Kier alpha value is -0.380. The molecule has 0 saturated carbocycles. The molecule has 2 rings (SSSR count). The maximum atomic E-state index is 3.58. The van der Waals surface area contributed by atoms with Crippen molar-refractivity contribution >= 4 is 11.3 Å². The molecule has 1 aromatic heterocycles. The van der Waals surface area contributed by atoms with Crippen LogP contribution >= 0.6 is 11.3 Å². The van der Waals surface area contributed by atoms with E-state index in [-0.39, 0.29) is 0 Å². The summed E-state index contributed by atoms with van der Waals surface area (Å²) in [6.07, 6.45) is 3.77. The van der Waals surface area contributed by atoms with Gasteiger partial charge in [-0.15, -0.1) is 11.3 Å². The fourth-order valence-electron chi connectivity index (χ4n) is 2.28. The zero-order valence-electron chi connectivity index (χ0n) is 10.3. The molecule has 0 aromatic carbocycles. The predicted molar refractivity (Wildman–Crippen MR) is 71.0 cm³/mol. The summed E-state index contributed by atoms with van der Waals surface area (Å²) in [5.41, 5.74) is 0.324. The molecular formula is C13H22N2S. The third-order valence-electron chi connectivity index (χ3n) is 3.34.